The lowest BCUT2D eigenvalue weighted by Gasteiger charge is -2.23. The van der Waals surface area contributed by atoms with Crippen molar-refractivity contribution < 1.29 is 0 Å². The molecule has 0 saturated carbocycles. The molecular formula is C25H25N3O. The molecule has 29 heavy (non-hydrogen) atoms. The second kappa shape index (κ2) is 7.92. The van der Waals surface area contributed by atoms with Crippen LogP contribution in [0.15, 0.2) is 83.7 Å². The van der Waals surface area contributed by atoms with E-state index in [1.54, 1.807) is 0 Å². The number of nitrogens with zero attached hydrogens (tertiary/aromatic N) is 3. The summed E-state index contributed by atoms with van der Waals surface area (Å²) in [5, 5.41) is 0.649. The summed E-state index contributed by atoms with van der Waals surface area (Å²) < 4.78 is 1.85. The molecule has 4 heteroatoms. The Balaban J connectivity index is 1.92. The Morgan fingerprint density at radius 2 is 1.59 bits per heavy atom. The van der Waals surface area contributed by atoms with Crippen LogP contribution in [0.25, 0.3) is 10.9 Å². The van der Waals surface area contributed by atoms with Gasteiger partial charge in [-0.25, -0.2) is 4.98 Å². The SMILES string of the molecule is Cc1nc2ccc(N(C)C)cc2c(=O)n1C(Cc1ccccc1)c1ccccc1. The molecule has 0 aliphatic carbocycles. The number of anilines is 1. The van der Waals surface area contributed by atoms with Crippen LogP contribution in [0.1, 0.15) is 23.0 Å². The van der Waals surface area contributed by atoms with Crippen LogP contribution in [-0.4, -0.2) is 23.6 Å². The molecule has 0 aliphatic rings. The van der Waals surface area contributed by atoms with Crippen LogP contribution in [0.3, 0.4) is 0 Å². The molecule has 0 bridgehead atoms. The molecule has 4 aromatic rings. The molecule has 1 atom stereocenters. The van der Waals surface area contributed by atoms with Crippen molar-refractivity contribution in [2.45, 2.75) is 19.4 Å². The first-order valence-electron chi connectivity index (χ1n) is 9.83. The van der Waals surface area contributed by atoms with E-state index in [1.807, 2.05) is 85.1 Å². The monoisotopic (exact) mass is 383 g/mol. The molecule has 1 aromatic heterocycles. The molecule has 0 radical (unpaired) electrons. The summed E-state index contributed by atoms with van der Waals surface area (Å²) >= 11 is 0. The van der Waals surface area contributed by atoms with Crippen LogP contribution in [0.2, 0.25) is 0 Å². The molecule has 0 saturated heterocycles. The van der Waals surface area contributed by atoms with E-state index in [0.717, 1.165) is 29.0 Å². The Morgan fingerprint density at radius 3 is 2.24 bits per heavy atom. The van der Waals surface area contributed by atoms with Crippen LogP contribution in [0, 0.1) is 6.92 Å². The molecule has 1 heterocycles. The Labute approximate surface area is 171 Å². The molecule has 0 aliphatic heterocycles. The fourth-order valence-corrected chi connectivity index (χ4v) is 3.81. The number of rotatable bonds is 5. The number of aromatic nitrogens is 2. The van der Waals surface area contributed by atoms with Crippen molar-refractivity contribution in [1.29, 1.82) is 0 Å². The van der Waals surface area contributed by atoms with E-state index < -0.39 is 0 Å². The van der Waals surface area contributed by atoms with Gasteiger partial charge in [-0.05, 0) is 42.7 Å². The summed E-state index contributed by atoms with van der Waals surface area (Å²) in [5.74, 6) is 0.727. The Hall–Kier alpha value is -3.40. The number of fused-ring (bicyclic) bond motifs is 1. The first-order valence-corrected chi connectivity index (χ1v) is 9.83. The minimum Gasteiger partial charge on any atom is -0.378 e. The van der Waals surface area contributed by atoms with Gasteiger partial charge >= 0.3 is 0 Å². The molecule has 1 unspecified atom stereocenters. The molecule has 4 nitrogen and oxygen atoms in total. The summed E-state index contributed by atoms with van der Waals surface area (Å²) in [6.07, 6.45) is 0.728. The van der Waals surface area contributed by atoms with Crippen molar-refractivity contribution in [2.75, 3.05) is 19.0 Å². The molecule has 0 spiro atoms. The lowest BCUT2D eigenvalue weighted by atomic mass is 9.98. The molecule has 0 fully saturated rings. The highest BCUT2D eigenvalue weighted by molar-refractivity contribution is 5.81. The third-order valence-electron chi connectivity index (χ3n) is 5.34. The van der Waals surface area contributed by atoms with Gasteiger partial charge in [0.05, 0.1) is 16.9 Å². The van der Waals surface area contributed by atoms with Crippen molar-refractivity contribution in [2.24, 2.45) is 0 Å². The predicted molar refractivity (Wildman–Crippen MR) is 120 cm³/mol. The van der Waals surface area contributed by atoms with Gasteiger partial charge in [-0.15, -0.1) is 0 Å². The van der Waals surface area contributed by atoms with E-state index in [1.165, 1.54) is 5.56 Å². The zero-order chi connectivity index (χ0) is 20.4. The van der Waals surface area contributed by atoms with Gasteiger partial charge in [0.1, 0.15) is 5.82 Å². The summed E-state index contributed by atoms with van der Waals surface area (Å²) in [5.41, 5.74) is 4.02. The lowest BCUT2D eigenvalue weighted by molar-refractivity contribution is 0.541. The maximum atomic E-state index is 13.6. The van der Waals surface area contributed by atoms with E-state index in [0.29, 0.717) is 5.39 Å². The van der Waals surface area contributed by atoms with Gasteiger partial charge in [0.25, 0.3) is 5.56 Å². The molecular weight excluding hydrogens is 358 g/mol. The Kier molecular flexibility index (Phi) is 5.17. The standard InChI is InChI=1S/C25H25N3O/c1-18-26-23-15-14-21(27(2)3)17-22(23)25(29)28(18)24(20-12-8-5-9-13-20)16-19-10-6-4-7-11-19/h4-15,17,24H,16H2,1-3H3. The molecule has 0 N–H and O–H groups in total. The van der Waals surface area contributed by atoms with Crippen molar-refractivity contribution in [3.8, 4) is 0 Å². The van der Waals surface area contributed by atoms with Gasteiger partial charge in [0.2, 0.25) is 0 Å². The van der Waals surface area contributed by atoms with Gasteiger partial charge < -0.3 is 4.90 Å². The summed E-state index contributed by atoms with van der Waals surface area (Å²) in [7, 11) is 3.95. The number of hydrogen-bond donors (Lipinski definition) is 0. The highest BCUT2D eigenvalue weighted by atomic mass is 16.1. The van der Waals surface area contributed by atoms with E-state index >= 15 is 0 Å². The van der Waals surface area contributed by atoms with Crippen molar-refractivity contribution >= 4 is 16.6 Å². The van der Waals surface area contributed by atoms with Crippen LogP contribution in [0.4, 0.5) is 5.69 Å². The van der Waals surface area contributed by atoms with E-state index in [-0.39, 0.29) is 11.6 Å². The van der Waals surface area contributed by atoms with Crippen molar-refractivity contribution in [3.05, 3.63) is 106 Å². The van der Waals surface area contributed by atoms with Crippen LogP contribution in [-0.2, 0) is 6.42 Å². The minimum atomic E-state index is -0.119. The minimum absolute atomic E-state index is 0.000911. The normalized spacial score (nSPS) is 12.1. The second-order valence-electron chi connectivity index (χ2n) is 7.55. The van der Waals surface area contributed by atoms with E-state index in [9.17, 15) is 4.79 Å². The fourth-order valence-electron chi connectivity index (χ4n) is 3.81. The van der Waals surface area contributed by atoms with Gasteiger partial charge in [0.15, 0.2) is 0 Å². The van der Waals surface area contributed by atoms with Gasteiger partial charge in [0, 0.05) is 19.8 Å². The van der Waals surface area contributed by atoms with Crippen LogP contribution in [0.5, 0.6) is 0 Å². The fraction of sp³-hybridized carbons (Fsp3) is 0.200. The number of hydrogen-bond acceptors (Lipinski definition) is 3. The van der Waals surface area contributed by atoms with E-state index in [4.69, 9.17) is 4.98 Å². The average molecular weight is 383 g/mol. The average Bonchev–Trinajstić information content (AvgIpc) is 2.74. The molecule has 146 valence electrons. The first-order chi connectivity index (χ1) is 14.0. The Bertz CT molecular complexity index is 1180. The molecule has 0 amide bonds. The third-order valence-corrected chi connectivity index (χ3v) is 5.34. The van der Waals surface area contributed by atoms with Crippen LogP contribution >= 0.6 is 0 Å². The van der Waals surface area contributed by atoms with E-state index in [2.05, 4.69) is 24.3 Å². The quantitative estimate of drug-likeness (QED) is 0.505. The zero-order valence-corrected chi connectivity index (χ0v) is 17.0. The highest BCUT2D eigenvalue weighted by Gasteiger charge is 2.20. The zero-order valence-electron chi connectivity index (χ0n) is 17.0. The second-order valence-corrected chi connectivity index (χ2v) is 7.55. The number of aryl methyl sites for hydroxylation is 1. The largest absolute Gasteiger partial charge is 0.378 e. The highest BCUT2D eigenvalue weighted by Crippen LogP contribution is 2.25. The van der Waals surface area contributed by atoms with Gasteiger partial charge in [-0.1, -0.05) is 60.7 Å². The number of benzene rings is 3. The summed E-state index contributed by atoms with van der Waals surface area (Å²) in [6.45, 7) is 1.92. The summed E-state index contributed by atoms with van der Waals surface area (Å²) in [4.78, 5) is 20.4. The first kappa shape index (κ1) is 18.9. The van der Waals surface area contributed by atoms with Crippen molar-refractivity contribution in [1.82, 2.24) is 9.55 Å². The van der Waals surface area contributed by atoms with Gasteiger partial charge in [-0.3, -0.25) is 9.36 Å². The smallest absolute Gasteiger partial charge is 0.262 e. The predicted octanol–water partition coefficient (Wildman–Crippen LogP) is 4.60. The Morgan fingerprint density at radius 1 is 0.931 bits per heavy atom. The van der Waals surface area contributed by atoms with Crippen LogP contribution < -0.4 is 10.5 Å². The maximum absolute atomic E-state index is 13.6. The maximum Gasteiger partial charge on any atom is 0.262 e. The third kappa shape index (κ3) is 3.79. The summed E-state index contributed by atoms with van der Waals surface area (Å²) in [6, 6.07) is 26.2. The lowest BCUT2D eigenvalue weighted by Crippen LogP contribution is -2.30. The topological polar surface area (TPSA) is 38.1 Å². The molecule has 4 rings (SSSR count). The van der Waals surface area contributed by atoms with Crippen molar-refractivity contribution in [3.63, 3.8) is 0 Å². The van der Waals surface area contributed by atoms with Gasteiger partial charge in [-0.2, -0.15) is 0 Å². The molecule has 3 aromatic carbocycles.